The first-order valence-electron chi connectivity index (χ1n) is 8.47. The Bertz CT molecular complexity index is 759. The number of amides is 4. The van der Waals surface area contributed by atoms with Gasteiger partial charge in [-0.2, -0.15) is 0 Å². The number of imide groups is 1. The van der Waals surface area contributed by atoms with E-state index in [0.717, 1.165) is 23.3 Å². The van der Waals surface area contributed by atoms with Crippen molar-refractivity contribution in [3.8, 4) is 0 Å². The minimum absolute atomic E-state index is 0.226. The number of rotatable bonds is 3. The van der Waals surface area contributed by atoms with Crippen LogP contribution in [0.4, 0.5) is 0 Å². The van der Waals surface area contributed by atoms with Crippen molar-refractivity contribution >= 4 is 23.6 Å². The summed E-state index contributed by atoms with van der Waals surface area (Å²) in [7, 11) is 0. The van der Waals surface area contributed by atoms with Gasteiger partial charge in [-0.05, 0) is 45.2 Å². The molecule has 0 aromatic heterocycles. The van der Waals surface area contributed by atoms with Crippen molar-refractivity contribution in [2.45, 2.75) is 45.2 Å². The fourth-order valence-corrected chi connectivity index (χ4v) is 3.21. The Labute approximate surface area is 145 Å². The minimum Gasteiger partial charge on any atom is -0.354 e. The van der Waals surface area contributed by atoms with Crippen LogP contribution >= 0.6 is 0 Å². The molecule has 0 aliphatic carbocycles. The number of carbonyl (C=O) groups excluding carboxylic acids is 4. The lowest BCUT2D eigenvalue weighted by Gasteiger charge is -2.24. The Kier molecular flexibility index (Phi) is 4.57. The number of aryl methyl sites for hydroxylation is 1. The fourth-order valence-electron chi connectivity index (χ4n) is 3.21. The molecular formula is C18H21N3O4. The number of carbonyl (C=O) groups is 4. The van der Waals surface area contributed by atoms with E-state index in [1.165, 1.54) is 6.92 Å². The van der Waals surface area contributed by atoms with Crippen LogP contribution in [0.25, 0.3) is 0 Å². The van der Waals surface area contributed by atoms with Crippen molar-refractivity contribution in [2.75, 3.05) is 6.54 Å². The summed E-state index contributed by atoms with van der Waals surface area (Å²) in [6.45, 7) is 3.93. The highest BCUT2D eigenvalue weighted by Gasteiger charge is 2.41. The molecule has 132 valence electrons. The number of benzene rings is 1. The molecule has 3 rings (SSSR count). The Hall–Kier alpha value is -2.70. The van der Waals surface area contributed by atoms with Gasteiger partial charge in [0.05, 0.1) is 11.1 Å². The van der Waals surface area contributed by atoms with Crippen molar-refractivity contribution < 1.29 is 19.2 Å². The van der Waals surface area contributed by atoms with Gasteiger partial charge in [0.1, 0.15) is 12.1 Å². The van der Waals surface area contributed by atoms with Gasteiger partial charge in [-0.25, -0.2) is 0 Å². The molecule has 2 N–H and O–H groups in total. The van der Waals surface area contributed by atoms with Gasteiger partial charge in [0.25, 0.3) is 11.8 Å². The molecule has 1 aromatic rings. The van der Waals surface area contributed by atoms with Crippen molar-refractivity contribution in [3.63, 3.8) is 0 Å². The SMILES string of the molecule is Cc1ccc2c(c1)C(=O)N(C(C)C(=O)NC1CCCCNC1=O)C2=O. The second kappa shape index (κ2) is 6.66. The van der Waals surface area contributed by atoms with Gasteiger partial charge in [0.2, 0.25) is 11.8 Å². The van der Waals surface area contributed by atoms with E-state index in [1.54, 1.807) is 18.2 Å². The van der Waals surface area contributed by atoms with E-state index in [2.05, 4.69) is 10.6 Å². The smallest absolute Gasteiger partial charge is 0.262 e. The van der Waals surface area contributed by atoms with Crippen LogP contribution in [0, 0.1) is 6.92 Å². The fraction of sp³-hybridized carbons (Fsp3) is 0.444. The summed E-state index contributed by atoms with van der Waals surface area (Å²) in [5.41, 5.74) is 1.49. The second-order valence-electron chi connectivity index (χ2n) is 6.55. The third-order valence-corrected chi connectivity index (χ3v) is 4.69. The molecule has 2 aliphatic rings. The molecule has 2 atom stereocenters. The molecule has 2 unspecified atom stereocenters. The van der Waals surface area contributed by atoms with E-state index in [4.69, 9.17) is 0 Å². The lowest BCUT2D eigenvalue weighted by atomic mass is 10.1. The maximum absolute atomic E-state index is 12.6. The average Bonchev–Trinajstić information content (AvgIpc) is 2.71. The third kappa shape index (κ3) is 3.14. The zero-order valence-corrected chi connectivity index (χ0v) is 14.3. The van der Waals surface area contributed by atoms with E-state index in [1.807, 2.05) is 6.92 Å². The molecular weight excluding hydrogens is 322 g/mol. The van der Waals surface area contributed by atoms with E-state index < -0.39 is 29.8 Å². The van der Waals surface area contributed by atoms with Crippen molar-refractivity contribution in [3.05, 3.63) is 34.9 Å². The van der Waals surface area contributed by atoms with Gasteiger partial charge in [-0.3, -0.25) is 24.1 Å². The summed E-state index contributed by atoms with van der Waals surface area (Å²) < 4.78 is 0. The summed E-state index contributed by atoms with van der Waals surface area (Å²) >= 11 is 0. The number of fused-ring (bicyclic) bond motifs is 1. The average molecular weight is 343 g/mol. The summed E-state index contributed by atoms with van der Waals surface area (Å²) in [6.07, 6.45) is 2.24. The van der Waals surface area contributed by atoms with Crippen molar-refractivity contribution in [1.82, 2.24) is 15.5 Å². The van der Waals surface area contributed by atoms with Crippen LogP contribution in [-0.2, 0) is 9.59 Å². The lowest BCUT2D eigenvalue weighted by Crippen LogP contribution is -2.53. The first kappa shape index (κ1) is 17.1. The molecule has 1 aromatic carbocycles. The lowest BCUT2D eigenvalue weighted by molar-refractivity contribution is -0.130. The predicted octanol–water partition coefficient (Wildman–Crippen LogP) is 0.764. The number of nitrogens with one attached hydrogen (secondary N) is 2. The Balaban J connectivity index is 1.75. The maximum atomic E-state index is 12.6. The number of nitrogens with zero attached hydrogens (tertiary/aromatic N) is 1. The summed E-state index contributed by atoms with van der Waals surface area (Å²) in [6, 6.07) is 3.40. The molecule has 4 amide bonds. The van der Waals surface area contributed by atoms with E-state index in [9.17, 15) is 19.2 Å². The van der Waals surface area contributed by atoms with Gasteiger partial charge in [-0.1, -0.05) is 11.6 Å². The maximum Gasteiger partial charge on any atom is 0.262 e. The molecule has 25 heavy (non-hydrogen) atoms. The monoisotopic (exact) mass is 343 g/mol. The first-order valence-corrected chi connectivity index (χ1v) is 8.47. The third-order valence-electron chi connectivity index (χ3n) is 4.69. The van der Waals surface area contributed by atoms with Gasteiger partial charge in [0.15, 0.2) is 0 Å². The van der Waals surface area contributed by atoms with Crippen LogP contribution in [-0.4, -0.2) is 47.2 Å². The van der Waals surface area contributed by atoms with Gasteiger partial charge < -0.3 is 10.6 Å². The molecule has 7 nitrogen and oxygen atoms in total. The first-order chi connectivity index (χ1) is 11.9. The topological polar surface area (TPSA) is 95.6 Å². The molecule has 7 heteroatoms. The number of hydrogen-bond acceptors (Lipinski definition) is 4. The Morgan fingerprint density at radius 1 is 1.20 bits per heavy atom. The van der Waals surface area contributed by atoms with Gasteiger partial charge >= 0.3 is 0 Å². The predicted molar refractivity (Wildman–Crippen MR) is 89.9 cm³/mol. The van der Waals surface area contributed by atoms with Gasteiger partial charge in [-0.15, -0.1) is 0 Å². The quantitative estimate of drug-likeness (QED) is 0.792. The molecule has 2 heterocycles. The van der Waals surface area contributed by atoms with E-state index in [0.29, 0.717) is 24.1 Å². The van der Waals surface area contributed by atoms with Crippen molar-refractivity contribution in [1.29, 1.82) is 0 Å². The van der Waals surface area contributed by atoms with Crippen molar-refractivity contribution in [2.24, 2.45) is 0 Å². The Morgan fingerprint density at radius 3 is 2.68 bits per heavy atom. The van der Waals surface area contributed by atoms with Crippen LogP contribution in [0.1, 0.15) is 52.5 Å². The highest BCUT2D eigenvalue weighted by molar-refractivity contribution is 6.23. The highest BCUT2D eigenvalue weighted by Crippen LogP contribution is 2.25. The molecule has 0 spiro atoms. The molecule has 1 saturated heterocycles. The van der Waals surface area contributed by atoms with Crippen LogP contribution in [0.5, 0.6) is 0 Å². The normalized spacial score (nSPS) is 21.4. The zero-order valence-electron chi connectivity index (χ0n) is 14.3. The highest BCUT2D eigenvalue weighted by atomic mass is 16.2. The minimum atomic E-state index is -0.983. The Morgan fingerprint density at radius 2 is 1.92 bits per heavy atom. The van der Waals surface area contributed by atoms with E-state index >= 15 is 0 Å². The van der Waals surface area contributed by atoms with Gasteiger partial charge in [0, 0.05) is 6.54 Å². The van der Waals surface area contributed by atoms with Crippen LogP contribution < -0.4 is 10.6 Å². The molecule has 2 aliphatic heterocycles. The molecule has 0 bridgehead atoms. The van der Waals surface area contributed by atoms with E-state index in [-0.39, 0.29) is 5.91 Å². The largest absolute Gasteiger partial charge is 0.354 e. The molecule has 1 fully saturated rings. The van der Waals surface area contributed by atoms with Crippen LogP contribution in [0.15, 0.2) is 18.2 Å². The standard InChI is InChI=1S/C18H21N3O4/c1-10-6-7-12-13(9-10)18(25)21(17(12)24)11(2)15(22)20-14-5-3-4-8-19-16(14)23/h6-7,9,11,14H,3-5,8H2,1-2H3,(H,19,23)(H,20,22). The van der Waals surface area contributed by atoms with Crippen LogP contribution in [0.2, 0.25) is 0 Å². The number of hydrogen-bond donors (Lipinski definition) is 2. The molecule has 0 saturated carbocycles. The summed E-state index contributed by atoms with van der Waals surface area (Å²) in [4.78, 5) is 50.5. The second-order valence-corrected chi connectivity index (χ2v) is 6.55. The summed E-state index contributed by atoms with van der Waals surface area (Å²) in [5.74, 6) is -1.69. The zero-order chi connectivity index (χ0) is 18.1. The summed E-state index contributed by atoms with van der Waals surface area (Å²) in [5, 5.41) is 5.41. The van der Waals surface area contributed by atoms with Crippen LogP contribution in [0.3, 0.4) is 0 Å². The molecule has 0 radical (unpaired) electrons.